The molecule has 9 heteroatoms. The van der Waals surface area contributed by atoms with E-state index in [1.165, 1.54) is 0 Å². The number of aryl methyl sites for hydroxylation is 1. The van der Waals surface area contributed by atoms with Crippen LogP contribution in [0.3, 0.4) is 0 Å². The SMILES string of the molecule is CCc1nc(C(=O)N2CCN(c3cccc(OC)c3)CC2)nn1-c1c(Cl)cccc1Cl. The molecule has 162 valence electrons. The highest BCUT2D eigenvalue weighted by atomic mass is 35.5. The van der Waals surface area contributed by atoms with Gasteiger partial charge in [0, 0.05) is 44.4 Å². The minimum absolute atomic E-state index is 0.155. The average Bonchev–Trinajstić information content (AvgIpc) is 3.22. The van der Waals surface area contributed by atoms with Crippen molar-refractivity contribution in [2.24, 2.45) is 0 Å². The Morgan fingerprint density at radius 1 is 1.06 bits per heavy atom. The fourth-order valence-corrected chi connectivity index (χ4v) is 4.21. The molecular weight excluding hydrogens is 437 g/mol. The van der Waals surface area contributed by atoms with E-state index in [4.69, 9.17) is 27.9 Å². The molecule has 0 bridgehead atoms. The highest BCUT2D eigenvalue weighted by Crippen LogP contribution is 2.29. The van der Waals surface area contributed by atoms with E-state index in [2.05, 4.69) is 15.0 Å². The lowest BCUT2D eigenvalue weighted by Gasteiger charge is -2.35. The zero-order valence-electron chi connectivity index (χ0n) is 17.4. The highest BCUT2D eigenvalue weighted by molar-refractivity contribution is 6.37. The number of benzene rings is 2. The van der Waals surface area contributed by atoms with Crippen LogP contribution in [0, 0.1) is 0 Å². The topological polar surface area (TPSA) is 63.5 Å². The minimum Gasteiger partial charge on any atom is -0.497 e. The number of anilines is 1. The van der Waals surface area contributed by atoms with E-state index in [0.29, 0.717) is 41.1 Å². The smallest absolute Gasteiger partial charge is 0.293 e. The third-order valence-corrected chi connectivity index (χ3v) is 5.93. The van der Waals surface area contributed by atoms with Crippen LogP contribution in [0.25, 0.3) is 5.69 Å². The second-order valence-electron chi connectivity index (χ2n) is 7.17. The fraction of sp³-hybridized carbons (Fsp3) is 0.318. The van der Waals surface area contributed by atoms with E-state index in [0.717, 1.165) is 24.5 Å². The van der Waals surface area contributed by atoms with Crippen LogP contribution in [-0.2, 0) is 6.42 Å². The van der Waals surface area contributed by atoms with E-state index in [1.807, 2.05) is 31.2 Å². The molecule has 1 aliphatic rings. The molecule has 4 rings (SSSR count). The Labute approximate surface area is 191 Å². The number of methoxy groups -OCH3 is 1. The number of para-hydroxylation sites is 1. The van der Waals surface area contributed by atoms with Crippen molar-refractivity contribution in [2.75, 3.05) is 38.2 Å². The van der Waals surface area contributed by atoms with Crippen molar-refractivity contribution in [3.05, 3.63) is 64.2 Å². The van der Waals surface area contributed by atoms with Crippen LogP contribution in [0.1, 0.15) is 23.4 Å². The van der Waals surface area contributed by atoms with Gasteiger partial charge in [0.05, 0.1) is 17.2 Å². The molecule has 1 aromatic heterocycles. The van der Waals surface area contributed by atoms with Crippen molar-refractivity contribution >= 4 is 34.8 Å². The number of aromatic nitrogens is 3. The van der Waals surface area contributed by atoms with Gasteiger partial charge in [-0.2, -0.15) is 0 Å². The van der Waals surface area contributed by atoms with Gasteiger partial charge in [-0.3, -0.25) is 4.79 Å². The van der Waals surface area contributed by atoms with Gasteiger partial charge in [0.1, 0.15) is 17.3 Å². The molecule has 0 radical (unpaired) electrons. The van der Waals surface area contributed by atoms with Gasteiger partial charge in [0.25, 0.3) is 5.91 Å². The van der Waals surface area contributed by atoms with Crippen molar-refractivity contribution in [3.8, 4) is 11.4 Å². The standard InChI is InChI=1S/C22H23Cl2N5O2/c1-3-19-25-21(26-29(19)20-17(23)8-5-9-18(20)24)22(30)28-12-10-27(11-13-28)15-6-4-7-16(14-15)31-2/h4-9,14H,3,10-13H2,1-2H3. The largest absolute Gasteiger partial charge is 0.497 e. The third kappa shape index (κ3) is 4.34. The molecular formula is C22H23Cl2N5O2. The number of ether oxygens (including phenoxy) is 1. The molecule has 1 saturated heterocycles. The van der Waals surface area contributed by atoms with Crippen LogP contribution in [-0.4, -0.2) is 58.9 Å². The van der Waals surface area contributed by atoms with E-state index in [9.17, 15) is 4.79 Å². The maximum Gasteiger partial charge on any atom is 0.293 e. The lowest BCUT2D eigenvalue weighted by atomic mass is 10.2. The second kappa shape index (κ2) is 9.16. The number of carbonyl (C=O) groups is 1. The molecule has 7 nitrogen and oxygen atoms in total. The predicted octanol–water partition coefficient (Wildman–Crippen LogP) is 4.11. The number of amides is 1. The van der Waals surface area contributed by atoms with Gasteiger partial charge in [0.15, 0.2) is 0 Å². The number of halogens is 2. The van der Waals surface area contributed by atoms with Crippen LogP contribution in [0.2, 0.25) is 10.0 Å². The van der Waals surface area contributed by atoms with Crippen LogP contribution >= 0.6 is 23.2 Å². The number of hydrogen-bond acceptors (Lipinski definition) is 5. The summed E-state index contributed by atoms with van der Waals surface area (Å²) in [5.41, 5.74) is 1.62. The maximum absolute atomic E-state index is 13.1. The van der Waals surface area contributed by atoms with Gasteiger partial charge >= 0.3 is 0 Å². The molecule has 2 heterocycles. The van der Waals surface area contributed by atoms with Crippen LogP contribution in [0.4, 0.5) is 5.69 Å². The summed E-state index contributed by atoms with van der Waals surface area (Å²) in [6, 6.07) is 13.2. The summed E-state index contributed by atoms with van der Waals surface area (Å²) in [6.07, 6.45) is 0.589. The van der Waals surface area contributed by atoms with Crippen molar-refractivity contribution in [2.45, 2.75) is 13.3 Å². The molecule has 1 amide bonds. The fourth-order valence-electron chi connectivity index (χ4n) is 3.65. The Bertz CT molecular complexity index is 1070. The first-order valence-electron chi connectivity index (χ1n) is 10.1. The van der Waals surface area contributed by atoms with Gasteiger partial charge in [-0.25, -0.2) is 9.67 Å². The molecule has 0 unspecified atom stereocenters. The van der Waals surface area contributed by atoms with Gasteiger partial charge in [-0.1, -0.05) is 42.3 Å². The van der Waals surface area contributed by atoms with Crippen molar-refractivity contribution in [1.29, 1.82) is 0 Å². The van der Waals surface area contributed by atoms with Gasteiger partial charge < -0.3 is 14.5 Å². The Kier molecular flexibility index (Phi) is 6.34. The number of hydrogen-bond donors (Lipinski definition) is 0. The summed E-state index contributed by atoms with van der Waals surface area (Å²) in [4.78, 5) is 21.6. The summed E-state index contributed by atoms with van der Waals surface area (Å²) in [5.74, 6) is 1.41. The maximum atomic E-state index is 13.1. The second-order valence-corrected chi connectivity index (χ2v) is 7.98. The summed E-state index contributed by atoms with van der Waals surface area (Å²) < 4.78 is 6.89. The van der Waals surface area contributed by atoms with Crippen molar-refractivity contribution < 1.29 is 9.53 Å². The number of nitrogens with zero attached hydrogens (tertiary/aromatic N) is 5. The first kappa shape index (κ1) is 21.5. The van der Waals surface area contributed by atoms with E-state index in [1.54, 1.807) is 34.9 Å². The summed E-state index contributed by atoms with van der Waals surface area (Å²) in [5, 5.41) is 5.38. The summed E-state index contributed by atoms with van der Waals surface area (Å²) in [7, 11) is 1.65. The predicted molar refractivity (Wildman–Crippen MR) is 122 cm³/mol. The number of piperazine rings is 1. The molecule has 3 aromatic rings. The number of rotatable bonds is 5. The van der Waals surface area contributed by atoms with Crippen LogP contribution in [0.5, 0.6) is 5.75 Å². The Morgan fingerprint density at radius 3 is 2.39 bits per heavy atom. The first-order valence-corrected chi connectivity index (χ1v) is 10.9. The monoisotopic (exact) mass is 459 g/mol. The van der Waals surface area contributed by atoms with E-state index in [-0.39, 0.29) is 11.7 Å². The molecule has 0 N–H and O–H groups in total. The Balaban J connectivity index is 1.51. The van der Waals surface area contributed by atoms with Gasteiger partial charge in [-0.15, -0.1) is 5.10 Å². The molecule has 0 atom stereocenters. The number of carbonyl (C=O) groups excluding carboxylic acids is 1. The molecule has 0 saturated carbocycles. The molecule has 1 fully saturated rings. The quantitative estimate of drug-likeness (QED) is 0.574. The summed E-state index contributed by atoms with van der Waals surface area (Å²) >= 11 is 12.7. The van der Waals surface area contributed by atoms with Crippen LogP contribution in [0.15, 0.2) is 42.5 Å². The summed E-state index contributed by atoms with van der Waals surface area (Å²) in [6.45, 7) is 4.55. The lowest BCUT2D eigenvalue weighted by Crippen LogP contribution is -2.49. The molecule has 31 heavy (non-hydrogen) atoms. The van der Waals surface area contributed by atoms with Crippen molar-refractivity contribution in [3.63, 3.8) is 0 Å². The Hall–Kier alpha value is -2.77. The average molecular weight is 460 g/mol. The van der Waals surface area contributed by atoms with Gasteiger partial charge in [0.2, 0.25) is 5.82 Å². The third-order valence-electron chi connectivity index (χ3n) is 5.32. The minimum atomic E-state index is -0.193. The highest BCUT2D eigenvalue weighted by Gasteiger charge is 2.27. The molecule has 1 aliphatic heterocycles. The Morgan fingerprint density at radius 2 is 1.74 bits per heavy atom. The molecule has 0 spiro atoms. The zero-order chi connectivity index (χ0) is 22.0. The zero-order valence-corrected chi connectivity index (χ0v) is 18.9. The molecule has 0 aliphatic carbocycles. The van der Waals surface area contributed by atoms with E-state index < -0.39 is 0 Å². The van der Waals surface area contributed by atoms with Crippen molar-refractivity contribution in [1.82, 2.24) is 19.7 Å². The first-order chi connectivity index (χ1) is 15.0. The normalized spacial score (nSPS) is 14.1. The lowest BCUT2D eigenvalue weighted by molar-refractivity contribution is 0.0734. The molecule has 2 aromatic carbocycles. The van der Waals surface area contributed by atoms with E-state index >= 15 is 0 Å². The van der Waals surface area contributed by atoms with Gasteiger partial charge in [-0.05, 0) is 24.3 Å². The van der Waals surface area contributed by atoms with Crippen LogP contribution < -0.4 is 9.64 Å².